The van der Waals surface area contributed by atoms with Gasteiger partial charge in [0.25, 0.3) is 5.91 Å². The van der Waals surface area contributed by atoms with Gasteiger partial charge in [-0.25, -0.2) is 4.98 Å². The average molecular weight is 385 g/mol. The van der Waals surface area contributed by atoms with Gasteiger partial charge in [-0.15, -0.1) is 0 Å². The second-order valence-electron chi connectivity index (χ2n) is 5.99. The summed E-state index contributed by atoms with van der Waals surface area (Å²) < 4.78 is 21.1. The summed E-state index contributed by atoms with van der Waals surface area (Å²) >= 11 is 0. The molecule has 8 heteroatoms. The van der Waals surface area contributed by atoms with Gasteiger partial charge < -0.3 is 29.2 Å². The van der Waals surface area contributed by atoms with Crippen molar-refractivity contribution in [2.75, 3.05) is 35.0 Å². The lowest BCUT2D eigenvalue weighted by molar-refractivity contribution is 0.0953. The molecule has 0 unspecified atom stereocenters. The average Bonchev–Trinajstić information content (AvgIpc) is 3.14. The summed E-state index contributed by atoms with van der Waals surface area (Å²) in [5.74, 6) is 2.61. The first-order chi connectivity index (χ1) is 13.6. The molecule has 2 aromatic carbocycles. The third kappa shape index (κ3) is 3.95. The highest BCUT2D eigenvalue weighted by atomic mass is 16.5. The van der Waals surface area contributed by atoms with E-state index in [-0.39, 0.29) is 5.91 Å². The Balaban J connectivity index is 1.67. The van der Waals surface area contributed by atoms with Gasteiger partial charge in [-0.2, -0.15) is 0 Å². The van der Waals surface area contributed by atoms with Crippen molar-refractivity contribution in [1.29, 1.82) is 0 Å². The predicted molar refractivity (Wildman–Crippen MR) is 105 cm³/mol. The number of nitrogens with zero attached hydrogens (tertiary/aromatic N) is 1. The molecule has 0 saturated heterocycles. The highest BCUT2D eigenvalue weighted by Crippen LogP contribution is 2.38. The number of fused-ring (bicyclic) bond motifs is 1. The van der Waals surface area contributed by atoms with Crippen LogP contribution in [0.2, 0.25) is 0 Å². The minimum absolute atomic E-state index is 0.239. The molecule has 0 aliphatic heterocycles. The lowest BCUT2D eigenvalue weighted by Crippen LogP contribution is -2.26. The predicted octanol–water partition coefficient (Wildman–Crippen LogP) is 2.57. The zero-order valence-corrected chi connectivity index (χ0v) is 16.3. The maximum atomic E-state index is 12.5. The Bertz CT molecular complexity index is 958. The van der Waals surface area contributed by atoms with Crippen molar-refractivity contribution in [3.05, 3.63) is 41.7 Å². The molecular weight excluding hydrogens is 362 g/mol. The summed E-state index contributed by atoms with van der Waals surface area (Å²) in [7, 11) is 6.16. The first-order valence-electron chi connectivity index (χ1n) is 8.70. The first-order valence-corrected chi connectivity index (χ1v) is 8.70. The lowest BCUT2D eigenvalue weighted by atomic mass is 10.1. The monoisotopic (exact) mass is 385 g/mol. The molecule has 1 amide bonds. The van der Waals surface area contributed by atoms with Crippen molar-refractivity contribution in [3.8, 4) is 23.0 Å². The second kappa shape index (κ2) is 8.51. The summed E-state index contributed by atoms with van der Waals surface area (Å²) in [6, 6.07) is 8.87. The van der Waals surface area contributed by atoms with E-state index < -0.39 is 0 Å². The Morgan fingerprint density at radius 2 is 1.71 bits per heavy atom. The molecular formula is C20H23N3O5. The summed E-state index contributed by atoms with van der Waals surface area (Å²) in [5, 5.41) is 2.88. The van der Waals surface area contributed by atoms with E-state index >= 15 is 0 Å². The molecule has 8 nitrogen and oxygen atoms in total. The zero-order chi connectivity index (χ0) is 20.1. The van der Waals surface area contributed by atoms with Gasteiger partial charge in [0.05, 0.1) is 39.5 Å². The zero-order valence-electron chi connectivity index (χ0n) is 16.3. The summed E-state index contributed by atoms with van der Waals surface area (Å²) in [4.78, 5) is 20.3. The third-order valence-corrected chi connectivity index (χ3v) is 4.31. The molecule has 3 aromatic rings. The first kappa shape index (κ1) is 19.3. The van der Waals surface area contributed by atoms with E-state index in [4.69, 9.17) is 18.9 Å². The largest absolute Gasteiger partial charge is 0.497 e. The van der Waals surface area contributed by atoms with Gasteiger partial charge in [0.1, 0.15) is 11.6 Å². The van der Waals surface area contributed by atoms with E-state index in [0.717, 1.165) is 22.6 Å². The van der Waals surface area contributed by atoms with Gasteiger partial charge >= 0.3 is 0 Å². The van der Waals surface area contributed by atoms with Crippen LogP contribution in [-0.2, 0) is 6.42 Å². The highest BCUT2D eigenvalue weighted by Gasteiger charge is 2.17. The van der Waals surface area contributed by atoms with Gasteiger partial charge in [0.2, 0.25) is 5.75 Å². The molecule has 0 atom stereocenters. The number of carbonyl (C=O) groups excluding carboxylic acids is 1. The van der Waals surface area contributed by atoms with E-state index in [9.17, 15) is 4.79 Å². The van der Waals surface area contributed by atoms with E-state index in [0.29, 0.717) is 35.8 Å². The van der Waals surface area contributed by atoms with Crippen molar-refractivity contribution in [1.82, 2.24) is 15.3 Å². The molecule has 0 fully saturated rings. The van der Waals surface area contributed by atoms with Crippen molar-refractivity contribution in [2.24, 2.45) is 0 Å². The molecule has 28 heavy (non-hydrogen) atoms. The van der Waals surface area contributed by atoms with Crippen LogP contribution in [0, 0.1) is 0 Å². The number of nitrogens with one attached hydrogen (secondary N) is 2. The van der Waals surface area contributed by atoms with E-state index in [1.807, 2.05) is 18.2 Å². The summed E-state index contributed by atoms with van der Waals surface area (Å²) in [5.41, 5.74) is 2.17. The number of H-pyrrole nitrogens is 1. The SMILES string of the molecule is COc1ccc2nc(CCNC(=O)c3cc(OC)c(OC)c(OC)c3)[nH]c2c1. The molecule has 0 saturated carbocycles. The minimum atomic E-state index is -0.239. The van der Waals surface area contributed by atoms with Gasteiger partial charge in [0, 0.05) is 24.6 Å². The quantitative estimate of drug-likeness (QED) is 0.619. The van der Waals surface area contributed by atoms with E-state index in [1.165, 1.54) is 21.3 Å². The summed E-state index contributed by atoms with van der Waals surface area (Å²) in [6.45, 7) is 0.423. The molecule has 2 N–H and O–H groups in total. The van der Waals surface area contributed by atoms with Gasteiger partial charge in [-0.3, -0.25) is 4.79 Å². The number of aromatic nitrogens is 2. The van der Waals surface area contributed by atoms with Crippen molar-refractivity contribution in [2.45, 2.75) is 6.42 Å². The number of aromatic amines is 1. The van der Waals surface area contributed by atoms with Crippen LogP contribution < -0.4 is 24.3 Å². The fraction of sp³-hybridized carbons (Fsp3) is 0.300. The van der Waals surface area contributed by atoms with Crippen molar-refractivity contribution >= 4 is 16.9 Å². The van der Waals surface area contributed by atoms with E-state index in [2.05, 4.69) is 15.3 Å². The Labute approximate surface area is 162 Å². The maximum absolute atomic E-state index is 12.5. The number of rotatable bonds is 8. The fourth-order valence-corrected chi connectivity index (χ4v) is 2.90. The molecule has 1 heterocycles. The summed E-state index contributed by atoms with van der Waals surface area (Å²) in [6.07, 6.45) is 0.563. The molecule has 0 aliphatic rings. The van der Waals surface area contributed by atoms with Crippen LogP contribution in [0.4, 0.5) is 0 Å². The van der Waals surface area contributed by atoms with Crippen LogP contribution in [0.15, 0.2) is 30.3 Å². The minimum Gasteiger partial charge on any atom is -0.497 e. The number of methoxy groups -OCH3 is 4. The van der Waals surface area contributed by atoms with Crippen LogP contribution in [0.3, 0.4) is 0 Å². The van der Waals surface area contributed by atoms with Crippen LogP contribution >= 0.6 is 0 Å². The molecule has 0 spiro atoms. The van der Waals surface area contributed by atoms with Gasteiger partial charge in [-0.05, 0) is 24.3 Å². The molecule has 0 radical (unpaired) electrons. The van der Waals surface area contributed by atoms with Crippen LogP contribution in [0.5, 0.6) is 23.0 Å². The van der Waals surface area contributed by atoms with Crippen LogP contribution in [0.25, 0.3) is 11.0 Å². The number of ether oxygens (including phenoxy) is 4. The van der Waals surface area contributed by atoms with Gasteiger partial charge in [0.15, 0.2) is 11.5 Å². The standard InChI is InChI=1S/C20H23N3O5/c1-25-13-5-6-14-15(11-13)23-18(22-14)7-8-21-20(24)12-9-16(26-2)19(28-4)17(10-12)27-3/h5-6,9-11H,7-8H2,1-4H3,(H,21,24)(H,22,23). The number of hydrogen-bond donors (Lipinski definition) is 2. The molecule has 3 rings (SSSR count). The Morgan fingerprint density at radius 1 is 1.00 bits per heavy atom. The smallest absolute Gasteiger partial charge is 0.251 e. The van der Waals surface area contributed by atoms with Crippen LogP contribution in [0.1, 0.15) is 16.2 Å². The number of benzene rings is 2. The lowest BCUT2D eigenvalue weighted by Gasteiger charge is -2.14. The highest BCUT2D eigenvalue weighted by molar-refractivity contribution is 5.95. The Kier molecular flexibility index (Phi) is 5.88. The number of carbonyl (C=O) groups is 1. The third-order valence-electron chi connectivity index (χ3n) is 4.31. The van der Waals surface area contributed by atoms with E-state index in [1.54, 1.807) is 19.2 Å². The molecule has 1 aromatic heterocycles. The number of imidazole rings is 1. The fourth-order valence-electron chi connectivity index (χ4n) is 2.90. The molecule has 148 valence electrons. The Hall–Kier alpha value is -3.42. The topological polar surface area (TPSA) is 94.7 Å². The van der Waals surface area contributed by atoms with Crippen LogP contribution in [-0.4, -0.2) is 50.9 Å². The van der Waals surface area contributed by atoms with Gasteiger partial charge in [-0.1, -0.05) is 0 Å². The van der Waals surface area contributed by atoms with Crippen molar-refractivity contribution in [3.63, 3.8) is 0 Å². The molecule has 0 aliphatic carbocycles. The normalized spacial score (nSPS) is 10.6. The maximum Gasteiger partial charge on any atom is 0.251 e. The second-order valence-corrected chi connectivity index (χ2v) is 5.99. The number of hydrogen-bond acceptors (Lipinski definition) is 6. The number of amides is 1. The molecule has 0 bridgehead atoms. The van der Waals surface area contributed by atoms with Crippen molar-refractivity contribution < 1.29 is 23.7 Å². The Morgan fingerprint density at radius 3 is 2.32 bits per heavy atom.